The third-order valence-corrected chi connectivity index (χ3v) is 6.12. The zero-order chi connectivity index (χ0) is 22.6. The van der Waals surface area contributed by atoms with Crippen LogP contribution in [0.25, 0.3) is 0 Å². The highest BCUT2D eigenvalue weighted by Crippen LogP contribution is 2.22. The van der Waals surface area contributed by atoms with Crippen molar-refractivity contribution in [2.75, 3.05) is 15.4 Å². The molecule has 0 unspecified atom stereocenters. The molecule has 0 bridgehead atoms. The quantitative estimate of drug-likeness (QED) is 0.534. The topological polar surface area (TPSA) is 104 Å². The summed E-state index contributed by atoms with van der Waals surface area (Å²) < 4.78 is 28.0. The molecule has 0 aliphatic heterocycles. The van der Waals surface area contributed by atoms with E-state index in [0.717, 1.165) is 11.1 Å². The van der Waals surface area contributed by atoms with Gasteiger partial charge in [-0.1, -0.05) is 12.1 Å². The third-order valence-electron chi connectivity index (χ3n) is 4.74. The molecular weight excluding hydrogens is 414 g/mol. The highest BCUT2D eigenvalue weighted by molar-refractivity contribution is 7.92. The summed E-state index contributed by atoms with van der Waals surface area (Å²) in [6, 6.07) is 17.8. The Morgan fingerprint density at radius 2 is 1.35 bits per heavy atom. The van der Waals surface area contributed by atoms with E-state index < -0.39 is 10.0 Å². The Kier molecular flexibility index (Phi) is 6.41. The van der Waals surface area contributed by atoms with Gasteiger partial charge in [-0.15, -0.1) is 0 Å². The van der Waals surface area contributed by atoms with E-state index in [-0.39, 0.29) is 16.7 Å². The van der Waals surface area contributed by atoms with E-state index >= 15 is 0 Å². The van der Waals surface area contributed by atoms with Crippen molar-refractivity contribution in [1.82, 2.24) is 0 Å². The Bertz CT molecular complexity index is 1220. The van der Waals surface area contributed by atoms with E-state index in [1.54, 1.807) is 36.4 Å². The van der Waals surface area contributed by atoms with Gasteiger partial charge in [0.1, 0.15) is 0 Å². The van der Waals surface area contributed by atoms with Crippen molar-refractivity contribution < 1.29 is 18.0 Å². The second kappa shape index (κ2) is 9.01. The van der Waals surface area contributed by atoms with Crippen LogP contribution in [0.4, 0.5) is 17.1 Å². The Morgan fingerprint density at radius 3 is 1.94 bits per heavy atom. The summed E-state index contributed by atoms with van der Waals surface area (Å²) in [4.78, 5) is 23.6. The molecule has 8 heteroatoms. The zero-order valence-corrected chi connectivity index (χ0v) is 18.2. The van der Waals surface area contributed by atoms with Crippen LogP contribution < -0.4 is 15.4 Å². The maximum atomic E-state index is 12.7. The summed E-state index contributed by atoms with van der Waals surface area (Å²) in [5, 5.41) is 5.38. The summed E-state index contributed by atoms with van der Waals surface area (Å²) in [6.07, 6.45) is 0. The Morgan fingerprint density at radius 1 is 0.774 bits per heavy atom. The van der Waals surface area contributed by atoms with Crippen LogP contribution in [0.2, 0.25) is 0 Å². The average Bonchev–Trinajstić information content (AvgIpc) is 2.72. The largest absolute Gasteiger partial charge is 0.326 e. The Labute approximate surface area is 181 Å². The molecule has 0 aliphatic carbocycles. The van der Waals surface area contributed by atoms with Gasteiger partial charge in [-0.3, -0.25) is 14.3 Å². The SMILES string of the molecule is CC(=O)Nc1ccc(NC(=O)c2ccc(S(=O)(=O)Nc3cccc(C)c3C)cc2)cc1. The molecule has 0 heterocycles. The van der Waals surface area contributed by atoms with Crippen LogP contribution in [0.5, 0.6) is 0 Å². The molecule has 31 heavy (non-hydrogen) atoms. The molecule has 3 aromatic rings. The number of carbonyl (C=O) groups excluding carboxylic acids is 2. The molecule has 0 saturated heterocycles. The van der Waals surface area contributed by atoms with Crippen molar-refractivity contribution in [2.45, 2.75) is 25.7 Å². The molecule has 0 atom stereocenters. The van der Waals surface area contributed by atoms with Crippen LogP contribution in [0.15, 0.2) is 71.6 Å². The zero-order valence-electron chi connectivity index (χ0n) is 17.4. The number of amides is 2. The third kappa shape index (κ3) is 5.49. The van der Waals surface area contributed by atoms with Gasteiger partial charge < -0.3 is 10.6 Å². The second-order valence-electron chi connectivity index (χ2n) is 7.09. The maximum absolute atomic E-state index is 12.7. The fourth-order valence-electron chi connectivity index (χ4n) is 2.89. The van der Waals surface area contributed by atoms with E-state index in [2.05, 4.69) is 15.4 Å². The summed E-state index contributed by atoms with van der Waals surface area (Å²) >= 11 is 0. The maximum Gasteiger partial charge on any atom is 0.261 e. The molecule has 0 aliphatic rings. The number of nitrogens with one attached hydrogen (secondary N) is 3. The molecule has 7 nitrogen and oxygen atoms in total. The number of carbonyl (C=O) groups is 2. The number of aryl methyl sites for hydroxylation is 1. The van der Waals surface area contributed by atoms with Gasteiger partial charge in [0.25, 0.3) is 15.9 Å². The van der Waals surface area contributed by atoms with Crippen molar-refractivity contribution in [3.8, 4) is 0 Å². The van der Waals surface area contributed by atoms with E-state index in [1.807, 2.05) is 19.9 Å². The predicted molar refractivity (Wildman–Crippen MR) is 122 cm³/mol. The number of anilines is 3. The molecule has 0 aromatic heterocycles. The van der Waals surface area contributed by atoms with Crippen molar-refractivity contribution >= 4 is 38.9 Å². The lowest BCUT2D eigenvalue weighted by molar-refractivity contribution is -0.114. The highest BCUT2D eigenvalue weighted by atomic mass is 32.2. The second-order valence-corrected chi connectivity index (χ2v) is 8.77. The van der Waals surface area contributed by atoms with Gasteiger partial charge in [-0.25, -0.2) is 8.42 Å². The minimum atomic E-state index is -3.78. The fourth-order valence-corrected chi connectivity index (χ4v) is 4.02. The first-order valence-electron chi connectivity index (χ1n) is 9.54. The van der Waals surface area contributed by atoms with Gasteiger partial charge in [0.2, 0.25) is 5.91 Å². The molecular formula is C23H23N3O4S. The summed E-state index contributed by atoms with van der Waals surface area (Å²) in [5.74, 6) is -0.558. The first-order valence-corrected chi connectivity index (χ1v) is 11.0. The van der Waals surface area contributed by atoms with Crippen molar-refractivity contribution in [3.63, 3.8) is 0 Å². The monoisotopic (exact) mass is 437 g/mol. The minimum absolute atomic E-state index is 0.0598. The van der Waals surface area contributed by atoms with Crippen molar-refractivity contribution in [3.05, 3.63) is 83.4 Å². The molecule has 2 amide bonds. The van der Waals surface area contributed by atoms with Crippen LogP contribution in [0.1, 0.15) is 28.4 Å². The van der Waals surface area contributed by atoms with Crippen molar-refractivity contribution in [1.29, 1.82) is 0 Å². The smallest absolute Gasteiger partial charge is 0.261 e. The molecule has 3 N–H and O–H groups in total. The highest BCUT2D eigenvalue weighted by Gasteiger charge is 2.16. The van der Waals surface area contributed by atoms with Crippen molar-refractivity contribution in [2.24, 2.45) is 0 Å². The van der Waals surface area contributed by atoms with Gasteiger partial charge in [0, 0.05) is 23.9 Å². The fraction of sp³-hybridized carbons (Fsp3) is 0.130. The normalized spacial score (nSPS) is 10.9. The van der Waals surface area contributed by atoms with Crippen LogP contribution in [-0.2, 0) is 14.8 Å². The van der Waals surface area contributed by atoms with E-state index in [4.69, 9.17) is 0 Å². The number of benzene rings is 3. The predicted octanol–water partition coefficient (Wildman–Crippen LogP) is 4.31. The molecule has 0 fully saturated rings. The molecule has 160 valence electrons. The van der Waals surface area contributed by atoms with Crippen LogP contribution in [-0.4, -0.2) is 20.2 Å². The number of hydrogen-bond donors (Lipinski definition) is 3. The van der Waals surface area contributed by atoms with E-state index in [1.165, 1.54) is 31.2 Å². The summed E-state index contributed by atoms with van der Waals surface area (Å²) in [6.45, 7) is 5.17. The van der Waals surface area contributed by atoms with Gasteiger partial charge in [-0.2, -0.15) is 0 Å². The van der Waals surface area contributed by atoms with Crippen LogP contribution in [0.3, 0.4) is 0 Å². The number of sulfonamides is 1. The first kappa shape index (κ1) is 22.0. The summed E-state index contributed by atoms with van der Waals surface area (Å²) in [7, 11) is -3.78. The Balaban J connectivity index is 1.70. The van der Waals surface area contributed by atoms with E-state index in [0.29, 0.717) is 22.6 Å². The lowest BCUT2D eigenvalue weighted by atomic mass is 10.1. The molecule has 0 saturated carbocycles. The van der Waals surface area contributed by atoms with Gasteiger partial charge in [0.05, 0.1) is 10.6 Å². The van der Waals surface area contributed by atoms with E-state index in [9.17, 15) is 18.0 Å². The lowest BCUT2D eigenvalue weighted by Crippen LogP contribution is -2.15. The number of rotatable bonds is 6. The van der Waals surface area contributed by atoms with Crippen LogP contribution >= 0.6 is 0 Å². The first-order chi connectivity index (χ1) is 14.7. The minimum Gasteiger partial charge on any atom is -0.326 e. The Hall–Kier alpha value is -3.65. The average molecular weight is 438 g/mol. The summed E-state index contributed by atoms with van der Waals surface area (Å²) in [5.41, 5.74) is 3.84. The molecule has 3 aromatic carbocycles. The van der Waals surface area contributed by atoms with Gasteiger partial charge in [0.15, 0.2) is 0 Å². The molecule has 0 radical (unpaired) electrons. The molecule has 3 rings (SSSR count). The number of hydrogen-bond acceptors (Lipinski definition) is 4. The standard InChI is InChI=1S/C23H23N3O4S/c1-15-5-4-6-22(16(15)2)26-31(29,30)21-13-7-18(8-14-21)23(28)25-20-11-9-19(10-12-20)24-17(3)27/h4-14,26H,1-3H3,(H,24,27)(H,25,28). The van der Waals surface area contributed by atoms with Gasteiger partial charge >= 0.3 is 0 Å². The lowest BCUT2D eigenvalue weighted by Gasteiger charge is -2.12. The van der Waals surface area contributed by atoms with Crippen LogP contribution in [0, 0.1) is 13.8 Å². The molecule has 0 spiro atoms. The van der Waals surface area contributed by atoms with Gasteiger partial charge in [-0.05, 0) is 79.6 Å².